The molecule has 3 aromatic carbocycles. The van der Waals surface area contributed by atoms with Crippen LogP contribution in [0.3, 0.4) is 0 Å². The lowest BCUT2D eigenvalue weighted by atomic mass is 10.0. The normalized spacial score (nSPS) is 14.4. The summed E-state index contributed by atoms with van der Waals surface area (Å²) >= 11 is 3.59. The van der Waals surface area contributed by atoms with Gasteiger partial charge in [0.15, 0.2) is 13.5 Å². The van der Waals surface area contributed by atoms with E-state index >= 15 is 0 Å². The molecule has 0 saturated carbocycles. The standard InChI is InChI=1S/C31H34N2O2S2/c1-6-8-22-10-12-26-24(14-22)17-32(19-34-26)30-21(3)31(29(37-5)16-28(30)36-4)33-18-25-15-23(9-7-2)11-13-27(25)35-20-33/h6-7,10-16H,1-2,8-9,17-20H2,3-5H3. The highest BCUT2D eigenvalue weighted by Gasteiger charge is 2.28. The van der Waals surface area contributed by atoms with Crippen LogP contribution in [0, 0.1) is 6.92 Å². The number of allylic oxidation sites excluding steroid dienone is 2. The molecular weight excluding hydrogens is 496 g/mol. The van der Waals surface area contributed by atoms with Crippen molar-refractivity contribution in [1.29, 1.82) is 0 Å². The lowest BCUT2D eigenvalue weighted by Crippen LogP contribution is -2.35. The molecule has 192 valence electrons. The van der Waals surface area contributed by atoms with Gasteiger partial charge in [-0.15, -0.1) is 36.7 Å². The maximum absolute atomic E-state index is 6.24. The third-order valence-electron chi connectivity index (χ3n) is 7.00. The van der Waals surface area contributed by atoms with Gasteiger partial charge < -0.3 is 19.3 Å². The van der Waals surface area contributed by atoms with E-state index in [0.717, 1.165) is 37.4 Å². The maximum Gasteiger partial charge on any atom is 0.161 e. The van der Waals surface area contributed by atoms with Crippen LogP contribution in [0.4, 0.5) is 11.4 Å². The lowest BCUT2D eigenvalue weighted by Gasteiger charge is -2.37. The summed E-state index contributed by atoms with van der Waals surface area (Å²) in [6.45, 7) is 12.7. The van der Waals surface area contributed by atoms with Crippen LogP contribution in [0.1, 0.15) is 27.8 Å². The highest BCUT2D eigenvalue weighted by Crippen LogP contribution is 2.46. The Hall–Kier alpha value is -2.96. The molecule has 2 aliphatic heterocycles. The average Bonchev–Trinajstić information content (AvgIpc) is 2.92. The largest absolute Gasteiger partial charge is 0.473 e. The van der Waals surface area contributed by atoms with Gasteiger partial charge in [-0.3, -0.25) is 0 Å². The fraction of sp³-hybridized carbons (Fsp3) is 0.290. The van der Waals surface area contributed by atoms with Crippen molar-refractivity contribution in [2.75, 3.05) is 35.8 Å². The summed E-state index contributed by atoms with van der Waals surface area (Å²) in [5.41, 5.74) is 8.71. The number of hydrogen-bond donors (Lipinski definition) is 0. The Morgan fingerprint density at radius 3 is 1.62 bits per heavy atom. The van der Waals surface area contributed by atoms with Crippen LogP contribution in [0.2, 0.25) is 0 Å². The van der Waals surface area contributed by atoms with Crippen LogP contribution < -0.4 is 19.3 Å². The van der Waals surface area contributed by atoms with Crippen molar-refractivity contribution in [3.8, 4) is 11.5 Å². The van der Waals surface area contributed by atoms with Crippen molar-refractivity contribution in [2.24, 2.45) is 0 Å². The van der Waals surface area contributed by atoms with Gasteiger partial charge in [0, 0.05) is 34.0 Å². The molecule has 5 rings (SSSR count). The number of thioether (sulfide) groups is 2. The number of nitrogens with zero attached hydrogens (tertiary/aromatic N) is 2. The summed E-state index contributed by atoms with van der Waals surface area (Å²) < 4.78 is 12.5. The maximum atomic E-state index is 6.24. The average molecular weight is 531 g/mol. The second-order valence-electron chi connectivity index (χ2n) is 9.42. The number of rotatable bonds is 8. The second kappa shape index (κ2) is 11.2. The first-order chi connectivity index (χ1) is 18.1. The molecule has 0 radical (unpaired) electrons. The molecule has 37 heavy (non-hydrogen) atoms. The summed E-state index contributed by atoms with van der Waals surface area (Å²) in [7, 11) is 0. The number of benzene rings is 3. The predicted molar refractivity (Wildman–Crippen MR) is 159 cm³/mol. The summed E-state index contributed by atoms with van der Waals surface area (Å²) in [6, 6.07) is 15.3. The SMILES string of the molecule is C=CCc1ccc2c(c1)CN(c1c(SC)cc(SC)c(N3COc4ccc(CC=C)cc4C3)c1C)CO2. The first-order valence-electron chi connectivity index (χ1n) is 12.5. The van der Waals surface area contributed by atoms with Gasteiger partial charge in [0.1, 0.15) is 11.5 Å². The molecule has 0 unspecified atom stereocenters. The summed E-state index contributed by atoms with van der Waals surface area (Å²) in [5, 5.41) is 0. The molecule has 0 aliphatic carbocycles. The van der Waals surface area contributed by atoms with Crippen LogP contribution in [-0.2, 0) is 25.9 Å². The number of hydrogen-bond acceptors (Lipinski definition) is 6. The van der Waals surface area contributed by atoms with E-state index in [0.29, 0.717) is 13.5 Å². The van der Waals surface area contributed by atoms with E-state index in [2.05, 4.69) is 84.9 Å². The molecule has 0 N–H and O–H groups in total. The van der Waals surface area contributed by atoms with Gasteiger partial charge in [-0.2, -0.15) is 0 Å². The van der Waals surface area contributed by atoms with Crippen LogP contribution in [0.25, 0.3) is 0 Å². The van der Waals surface area contributed by atoms with Crippen LogP contribution in [0.15, 0.2) is 77.6 Å². The molecule has 0 bridgehead atoms. The molecule has 0 fully saturated rings. The van der Waals surface area contributed by atoms with E-state index in [9.17, 15) is 0 Å². The summed E-state index contributed by atoms with van der Waals surface area (Å²) in [6.07, 6.45) is 9.94. The molecule has 2 aliphatic rings. The van der Waals surface area contributed by atoms with Crippen molar-refractivity contribution < 1.29 is 9.47 Å². The number of fused-ring (bicyclic) bond motifs is 2. The Kier molecular flexibility index (Phi) is 7.77. The van der Waals surface area contributed by atoms with Gasteiger partial charge in [0.25, 0.3) is 0 Å². The molecule has 0 aromatic heterocycles. The molecular formula is C31H34N2O2S2. The number of ether oxygens (including phenoxy) is 2. The van der Waals surface area contributed by atoms with Crippen molar-refractivity contribution in [3.05, 3.63) is 95.6 Å². The van der Waals surface area contributed by atoms with Gasteiger partial charge >= 0.3 is 0 Å². The van der Waals surface area contributed by atoms with Gasteiger partial charge in [-0.1, -0.05) is 24.3 Å². The van der Waals surface area contributed by atoms with Crippen molar-refractivity contribution in [1.82, 2.24) is 0 Å². The monoisotopic (exact) mass is 530 g/mol. The first-order valence-corrected chi connectivity index (χ1v) is 15.0. The Balaban J connectivity index is 1.53. The van der Waals surface area contributed by atoms with E-state index < -0.39 is 0 Å². The fourth-order valence-corrected chi connectivity index (χ4v) is 6.80. The summed E-state index contributed by atoms with van der Waals surface area (Å²) in [5.74, 6) is 1.95. The third-order valence-corrected chi connectivity index (χ3v) is 8.50. The predicted octanol–water partition coefficient (Wildman–Crippen LogP) is 7.61. The van der Waals surface area contributed by atoms with Gasteiger partial charge in [-0.05, 0) is 79.3 Å². The zero-order valence-electron chi connectivity index (χ0n) is 21.9. The van der Waals surface area contributed by atoms with E-state index in [1.165, 1.54) is 49.0 Å². The second-order valence-corrected chi connectivity index (χ2v) is 11.1. The topological polar surface area (TPSA) is 24.9 Å². The van der Waals surface area contributed by atoms with Gasteiger partial charge in [0.2, 0.25) is 0 Å². The molecule has 0 amide bonds. The minimum Gasteiger partial charge on any atom is -0.473 e. The molecule has 2 heterocycles. The van der Waals surface area contributed by atoms with E-state index in [1.807, 2.05) is 12.2 Å². The molecule has 6 heteroatoms. The molecule has 0 atom stereocenters. The minimum absolute atomic E-state index is 0.532. The van der Waals surface area contributed by atoms with Crippen molar-refractivity contribution >= 4 is 34.9 Å². The summed E-state index contributed by atoms with van der Waals surface area (Å²) in [4.78, 5) is 7.28. The van der Waals surface area contributed by atoms with Gasteiger partial charge in [-0.25, -0.2) is 0 Å². The Morgan fingerprint density at radius 2 is 1.22 bits per heavy atom. The lowest BCUT2D eigenvalue weighted by molar-refractivity contribution is 0.286. The van der Waals surface area contributed by atoms with Crippen LogP contribution in [-0.4, -0.2) is 26.0 Å². The van der Waals surface area contributed by atoms with Crippen molar-refractivity contribution in [3.63, 3.8) is 0 Å². The zero-order valence-corrected chi connectivity index (χ0v) is 23.5. The van der Waals surface area contributed by atoms with Crippen LogP contribution >= 0.6 is 23.5 Å². The molecule has 4 nitrogen and oxygen atoms in total. The van der Waals surface area contributed by atoms with Crippen molar-refractivity contribution in [2.45, 2.75) is 42.6 Å². The molecule has 0 spiro atoms. The minimum atomic E-state index is 0.532. The Morgan fingerprint density at radius 1 is 0.757 bits per heavy atom. The van der Waals surface area contributed by atoms with E-state index in [-0.39, 0.29) is 0 Å². The quantitative estimate of drug-likeness (QED) is 0.220. The Labute approximate surface area is 229 Å². The number of anilines is 2. The third kappa shape index (κ3) is 5.10. The fourth-order valence-electron chi connectivity index (χ4n) is 5.30. The van der Waals surface area contributed by atoms with Crippen LogP contribution in [0.5, 0.6) is 11.5 Å². The highest BCUT2D eigenvalue weighted by atomic mass is 32.2. The van der Waals surface area contributed by atoms with E-state index in [1.54, 1.807) is 23.5 Å². The van der Waals surface area contributed by atoms with E-state index in [4.69, 9.17) is 9.47 Å². The Bertz CT molecular complexity index is 1240. The first kappa shape index (κ1) is 25.7. The zero-order chi connectivity index (χ0) is 25.9. The smallest absolute Gasteiger partial charge is 0.161 e. The van der Waals surface area contributed by atoms with Gasteiger partial charge in [0.05, 0.1) is 11.4 Å². The molecule has 0 saturated heterocycles. The molecule has 3 aromatic rings. The highest BCUT2D eigenvalue weighted by molar-refractivity contribution is 7.99.